The van der Waals surface area contributed by atoms with Crippen molar-refractivity contribution in [2.75, 3.05) is 12.4 Å². The molecule has 0 unspecified atom stereocenters. The first-order valence-electron chi connectivity index (χ1n) is 7.79. The summed E-state index contributed by atoms with van der Waals surface area (Å²) in [6, 6.07) is 12.5. The number of aromatic nitrogens is 3. The van der Waals surface area contributed by atoms with Gasteiger partial charge in [0.05, 0.1) is 17.6 Å². The Hall–Kier alpha value is -2.74. The molecule has 0 aliphatic heterocycles. The number of nitrogens with zero attached hydrogens (tertiary/aromatic N) is 2. The summed E-state index contributed by atoms with van der Waals surface area (Å²) in [4.78, 5) is 26.4. The molecule has 2 heterocycles. The van der Waals surface area contributed by atoms with Crippen LogP contribution in [0.3, 0.4) is 0 Å². The summed E-state index contributed by atoms with van der Waals surface area (Å²) in [6.45, 7) is 0.681. The fraction of sp³-hybridized carbons (Fsp3) is 0.235. The maximum atomic E-state index is 11.9. The van der Waals surface area contributed by atoms with E-state index in [1.807, 2.05) is 24.3 Å². The molecule has 1 aromatic carbocycles. The van der Waals surface area contributed by atoms with Crippen LogP contribution in [0, 0.1) is 5.21 Å². The van der Waals surface area contributed by atoms with Gasteiger partial charge in [0.2, 0.25) is 0 Å². The Balaban J connectivity index is 1.45. The maximum absolute atomic E-state index is 11.9. The van der Waals surface area contributed by atoms with Crippen molar-refractivity contribution in [3.63, 3.8) is 0 Å². The summed E-state index contributed by atoms with van der Waals surface area (Å²) in [5.41, 5.74) is 1.44. The molecule has 3 rings (SSSR count). The molecule has 1 N–H and O–H groups in total. The zero-order valence-corrected chi connectivity index (χ0v) is 14.2. The number of imidazole rings is 1. The lowest BCUT2D eigenvalue weighted by Crippen LogP contribution is -2.28. The molecule has 7 nitrogen and oxygen atoms in total. The second-order valence-corrected chi connectivity index (χ2v) is 6.32. The average Bonchev–Trinajstić information content (AvgIpc) is 2.93. The van der Waals surface area contributed by atoms with E-state index in [9.17, 15) is 14.8 Å². The van der Waals surface area contributed by atoms with E-state index in [-0.39, 0.29) is 24.0 Å². The number of rotatable bonds is 7. The van der Waals surface area contributed by atoms with Crippen molar-refractivity contribution in [3.05, 3.63) is 64.4 Å². The summed E-state index contributed by atoms with van der Waals surface area (Å²) in [5.74, 6) is -0.320. The van der Waals surface area contributed by atoms with E-state index in [4.69, 9.17) is 4.74 Å². The Kier molecular flexibility index (Phi) is 5.39. The van der Waals surface area contributed by atoms with E-state index in [1.165, 1.54) is 6.20 Å². The smallest absolute Gasteiger partial charge is 0.326 e. The molecule has 0 fully saturated rings. The van der Waals surface area contributed by atoms with E-state index < -0.39 is 0 Å². The molecule has 0 atom stereocenters. The van der Waals surface area contributed by atoms with Gasteiger partial charge in [0, 0.05) is 18.7 Å². The van der Waals surface area contributed by atoms with Gasteiger partial charge in [-0.2, -0.15) is 4.73 Å². The van der Waals surface area contributed by atoms with Crippen LogP contribution in [-0.2, 0) is 16.1 Å². The van der Waals surface area contributed by atoms with Gasteiger partial charge in [-0.3, -0.25) is 9.36 Å². The SMILES string of the molecule is O=C(CSc1cccc[n+]1[O-])OCCCn1c(=O)[nH]c2ccccc21. The number of hydrogen-bond donors (Lipinski definition) is 1. The number of carbonyl (C=O) groups is 1. The number of thioether (sulfide) groups is 1. The van der Waals surface area contributed by atoms with Crippen LogP contribution in [0.25, 0.3) is 11.0 Å². The number of ether oxygens (including phenoxy) is 1. The molecule has 0 aliphatic rings. The third-order valence-corrected chi connectivity index (χ3v) is 4.59. The number of hydrogen-bond acceptors (Lipinski definition) is 5. The van der Waals surface area contributed by atoms with Crippen molar-refractivity contribution in [2.45, 2.75) is 18.0 Å². The topological polar surface area (TPSA) is 91.0 Å². The van der Waals surface area contributed by atoms with Crippen LogP contribution < -0.4 is 10.4 Å². The number of nitrogens with one attached hydrogen (secondary N) is 1. The Morgan fingerprint density at radius 3 is 2.88 bits per heavy atom. The van der Waals surface area contributed by atoms with Crippen LogP contribution in [0.2, 0.25) is 0 Å². The molecule has 130 valence electrons. The molecule has 0 saturated carbocycles. The zero-order valence-electron chi connectivity index (χ0n) is 13.4. The van der Waals surface area contributed by atoms with Gasteiger partial charge in [-0.05, 0) is 36.4 Å². The second-order valence-electron chi connectivity index (χ2n) is 5.33. The normalized spacial score (nSPS) is 10.9. The van der Waals surface area contributed by atoms with Crippen LogP contribution >= 0.6 is 11.8 Å². The van der Waals surface area contributed by atoms with E-state index in [1.54, 1.807) is 22.8 Å². The summed E-state index contributed by atoms with van der Waals surface area (Å²) >= 11 is 1.13. The standard InChI is InChI=1S/C17H17N3O4S/c21-16(12-25-15-8-3-4-10-20(15)23)24-11-5-9-19-14-7-2-1-6-13(14)18-17(19)22/h1-4,6-8,10H,5,9,11-12H2,(H,18,22). The molecule has 0 amide bonds. The number of carbonyl (C=O) groups excluding carboxylic acids is 1. The molecule has 0 radical (unpaired) electrons. The molecule has 2 aromatic heterocycles. The summed E-state index contributed by atoms with van der Waals surface area (Å²) in [6.07, 6.45) is 1.91. The molecule has 8 heteroatoms. The fourth-order valence-electron chi connectivity index (χ4n) is 2.44. The van der Waals surface area contributed by atoms with Crippen molar-refractivity contribution < 1.29 is 14.3 Å². The van der Waals surface area contributed by atoms with Gasteiger partial charge in [0.25, 0.3) is 5.03 Å². The Labute approximate surface area is 147 Å². The van der Waals surface area contributed by atoms with E-state index in [0.29, 0.717) is 22.7 Å². The highest BCUT2D eigenvalue weighted by molar-refractivity contribution is 7.99. The van der Waals surface area contributed by atoms with Crippen molar-refractivity contribution in [1.29, 1.82) is 0 Å². The Morgan fingerprint density at radius 2 is 2.04 bits per heavy atom. The minimum absolute atomic E-state index is 0.0687. The third-order valence-electron chi connectivity index (χ3n) is 3.60. The lowest BCUT2D eigenvalue weighted by Gasteiger charge is -2.06. The quantitative estimate of drug-likeness (QED) is 0.228. The van der Waals surface area contributed by atoms with E-state index in [2.05, 4.69) is 4.98 Å². The summed E-state index contributed by atoms with van der Waals surface area (Å²) < 4.78 is 7.49. The molecule has 25 heavy (non-hydrogen) atoms. The Morgan fingerprint density at radius 1 is 1.24 bits per heavy atom. The predicted octanol–water partition coefficient (Wildman–Crippen LogP) is 1.69. The largest absolute Gasteiger partial charge is 0.618 e. The lowest BCUT2D eigenvalue weighted by atomic mass is 10.3. The molecule has 3 aromatic rings. The number of esters is 1. The van der Waals surface area contributed by atoms with Crippen LogP contribution in [-0.4, -0.2) is 27.9 Å². The Bertz CT molecular complexity index is 935. The number of benzene rings is 1. The fourth-order valence-corrected chi connectivity index (χ4v) is 3.15. The average molecular weight is 359 g/mol. The highest BCUT2D eigenvalue weighted by Gasteiger charge is 2.10. The second kappa shape index (κ2) is 7.89. The highest BCUT2D eigenvalue weighted by Crippen LogP contribution is 2.13. The highest BCUT2D eigenvalue weighted by atomic mass is 32.2. The first-order chi connectivity index (χ1) is 12.1. The van der Waals surface area contributed by atoms with Gasteiger partial charge in [-0.1, -0.05) is 12.1 Å². The number of aryl methyl sites for hydroxylation is 1. The first kappa shape index (κ1) is 17.1. The monoisotopic (exact) mass is 359 g/mol. The van der Waals surface area contributed by atoms with Crippen LogP contribution in [0.1, 0.15) is 6.42 Å². The van der Waals surface area contributed by atoms with Gasteiger partial charge < -0.3 is 14.9 Å². The van der Waals surface area contributed by atoms with Gasteiger partial charge in [0.15, 0.2) is 6.20 Å². The molecule has 0 spiro atoms. The number of pyridine rings is 1. The predicted molar refractivity (Wildman–Crippen MR) is 94.3 cm³/mol. The minimum atomic E-state index is -0.389. The van der Waals surface area contributed by atoms with Gasteiger partial charge in [0.1, 0.15) is 5.75 Å². The van der Waals surface area contributed by atoms with Crippen molar-refractivity contribution in [1.82, 2.24) is 9.55 Å². The molecule has 0 saturated heterocycles. The van der Waals surface area contributed by atoms with Gasteiger partial charge >= 0.3 is 11.7 Å². The number of aromatic amines is 1. The number of fused-ring (bicyclic) bond motifs is 1. The van der Waals surface area contributed by atoms with E-state index >= 15 is 0 Å². The zero-order chi connectivity index (χ0) is 17.6. The van der Waals surface area contributed by atoms with Crippen molar-refractivity contribution in [3.8, 4) is 0 Å². The molecule has 0 aliphatic carbocycles. The van der Waals surface area contributed by atoms with Crippen LogP contribution in [0.5, 0.6) is 0 Å². The van der Waals surface area contributed by atoms with Crippen molar-refractivity contribution in [2.24, 2.45) is 0 Å². The van der Waals surface area contributed by atoms with Gasteiger partial charge in [-0.25, -0.2) is 4.79 Å². The van der Waals surface area contributed by atoms with E-state index in [0.717, 1.165) is 22.8 Å². The summed E-state index contributed by atoms with van der Waals surface area (Å²) in [5, 5.41) is 11.9. The lowest BCUT2D eigenvalue weighted by molar-refractivity contribution is -0.645. The van der Waals surface area contributed by atoms with Gasteiger partial charge in [-0.15, -0.1) is 0 Å². The first-order valence-corrected chi connectivity index (χ1v) is 8.78. The van der Waals surface area contributed by atoms with Crippen LogP contribution in [0.15, 0.2) is 58.5 Å². The maximum Gasteiger partial charge on any atom is 0.326 e. The molecular formula is C17H17N3O4S. The number of H-pyrrole nitrogens is 1. The molecular weight excluding hydrogens is 342 g/mol. The molecule has 0 bridgehead atoms. The van der Waals surface area contributed by atoms with Crippen LogP contribution in [0.4, 0.5) is 0 Å². The minimum Gasteiger partial charge on any atom is -0.618 e. The number of para-hydroxylation sites is 2. The third kappa shape index (κ3) is 4.21. The van der Waals surface area contributed by atoms with Crippen molar-refractivity contribution >= 4 is 28.8 Å². The summed E-state index contributed by atoms with van der Waals surface area (Å²) in [7, 11) is 0.